The molecule has 35 heavy (non-hydrogen) atoms. The van der Waals surface area contributed by atoms with E-state index in [9.17, 15) is 9.59 Å². The third kappa shape index (κ3) is 15.8. The van der Waals surface area contributed by atoms with Crippen molar-refractivity contribution in [2.45, 2.75) is 99.7 Å². The number of rotatable bonds is 13. The standard InChI is InChI=1S/C20H30O4.C6H14O2.C3H8/c1-15(2)20(3,4)18(22)17(12-8-9-13-21)19(23)24-14-16-10-6-5-7-11-16;1-6(2,8-3)4-5-7;1-3-2/h5-7,10-11,15,17,21H,8-9,12-14H2,1-4H3;7H,4-5H2,1-3H3;3H2,1-2H3. The van der Waals surface area contributed by atoms with E-state index in [0.29, 0.717) is 25.7 Å². The Morgan fingerprint density at radius 3 is 1.89 bits per heavy atom. The molecule has 0 aromatic heterocycles. The topological polar surface area (TPSA) is 93.1 Å². The molecule has 1 rings (SSSR count). The summed E-state index contributed by atoms with van der Waals surface area (Å²) in [7, 11) is 1.65. The predicted molar refractivity (Wildman–Crippen MR) is 143 cm³/mol. The van der Waals surface area contributed by atoms with Gasteiger partial charge in [-0.05, 0) is 51.0 Å². The minimum absolute atomic E-state index is 0.0630. The predicted octanol–water partition coefficient (Wildman–Crippen LogP) is 5.97. The molecule has 204 valence electrons. The van der Waals surface area contributed by atoms with Gasteiger partial charge in [0.2, 0.25) is 0 Å². The van der Waals surface area contributed by atoms with E-state index in [1.165, 1.54) is 6.42 Å². The van der Waals surface area contributed by atoms with Gasteiger partial charge >= 0.3 is 5.97 Å². The highest BCUT2D eigenvalue weighted by Gasteiger charge is 2.40. The number of Topliss-reactive ketones (excluding diaryl/α,β-unsaturated/α-hetero) is 1. The van der Waals surface area contributed by atoms with E-state index < -0.39 is 17.3 Å². The summed E-state index contributed by atoms with van der Waals surface area (Å²) in [5.41, 5.74) is 0.153. The van der Waals surface area contributed by atoms with Crippen LogP contribution in [-0.4, -0.2) is 47.9 Å². The second-order valence-electron chi connectivity index (χ2n) is 10.3. The van der Waals surface area contributed by atoms with Gasteiger partial charge in [-0.3, -0.25) is 9.59 Å². The number of esters is 1. The SMILES string of the molecule is CC(C)C(C)(C)C(=O)C(CCCCO)C(=O)OCc1ccccc1.CCC.COC(C)(C)CCO. The summed E-state index contributed by atoms with van der Waals surface area (Å²) < 4.78 is 10.4. The van der Waals surface area contributed by atoms with Crippen LogP contribution in [0.25, 0.3) is 0 Å². The summed E-state index contributed by atoms with van der Waals surface area (Å²) in [6.07, 6.45) is 3.58. The number of aliphatic hydroxyl groups excluding tert-OH is 2. The van der Waals surface area contributed by atoms with Gasteiger partial charge in [-0.2, -0.15) is 0 Å². The molecule has 1 unspecified atom stereocenters. The van der Waals surface area contributed by atoms with Crippen LogP contribution in [0, 0.1) is 17.3 Å². The highest BCUT2D eigenvalue weighted by molar-refractivity contribution is 6.01. The third-order valence-electron chi connectivity index (χ3n) is 6.07. The zero-order valence-electron chi connectivity index (χ0n) is 23.7. The molecule has 0 saturated heterocycles. The molecule has 0 bridgehead atoms. The first-order valence-corrected chi connectivity index (χ1v) is 12.9. The van der Waals surface area contributed by atoms with E-state index in [-0.39, 0.29) is 37.1 Å². The Bertz CT molecular complexity index is 667. The number of carbonyl (C=O) groups excluding carboxylic acids is 2. The molecular weight excluding hydrogens is 444 g/mol. The number of hydrogen-bond donors (Lipinski definition) is 2. The van der Waals surface area contributed by atoms with E-state index in [1.54, 1.807) is 7.11 Å². The smallest absolute Gasteiger partial charge is 0.316 e. The summed E-state index contributed by atoms with van der Waals surface area (Å²) >= 11 is 0. The van der Waals surface area contributed by atoms with Crippen molar-refractivity contribution in [2.75, 3.05) is 20.3 Å². The molecule has 0 heterocycles. The van der Waals surface area contributed by atoms with Gasteiger partial charge in [0.05, 0.1) is 5.60 Å². The Kier molecular flexibility index (Phi) is 19.7. The van der Waals surface area contributed by atoms with E-state index in [1.807, 2.05) is 71.9 Å². The van der Waals surface area contributed by atoms with Crippen LogP contribution < -0.4 is 0 Å². The number of ether oxygens (including phenoxy) is 2. The van der Waals surface area contributed by atoms with Crippen LogP contribution in [0.2, 0.25) is 0 Å². The van der Waals surface area contributed by atoms with E-state index in [4.69, 9.17) is 19.7 Å². The molecule has 0 fully saturated rings. The third-order valence-corrected chi connectivity index (χ3v) is 6.07. The number of ketones is 1. The van der Waals surface area contributed by atoms with Gasteiger partial charge in [0.1, 0.15) is 12.5 Å². The summed E-state index contributed by atoms with van der Waals surface area (Å²) in [5.74, 6) is -1.17. The molecule has 2 N–H and O–H groups in total. The normalized spacial score (nSPS) is 12.1. The number of hydrogen-bond acceptors (Lipinski definition) is 6. The van der Waals surface area contributed by atoms with Crippen molar-refractivity contribution < 1.29 is 29.3 Å². The summed E-state index contributed by atoms with van der Waals surface area (Å²) in [6, 6.07) is 9.43. The molecule has 0 aliphatic heterocycles. The molecule has 6 nitrogen and oxygen atoms in total. The lowest BCUT2D eigenvalue weighted by Gasteiger charge is -2.31. The zero-order valence-corrected chi connectivity index (χ0v) is 23.7. The highest BCUT2D eigenvalue weighted by Crippen LogP contribution is 2.32. The van der Waals surface area contributed by atoms with Gasteiger partial charge in [0.25, 0.3) is 0 Å². The van der Waals surface area contributed by atoms with Gasteiger partial charge in [-0.25, -0.2) is 0 Å². The largest absolute Gasteiger partial charge is 0.460 e. The van der Waals surface area contributed by atoms with Crippen molar-refractivity contribution in [2.24, 2.45) is 17.3 Å². The van der Waals surface area contributed by atoms with Crippen molar-refractivity contribution in [1.82, 2.24) is 0 Å². The van der Waals surface area contributed by atoms with Gasteiger partial charge in [-0.15, -0.1) is 0 Å². The number of methoxy groups -OCH3 is 1. The molecule has 0 amide bonds. The zero-order chi connectivity index (χ0) is 27.5. The molecule has 6 heteroatoms. The average molecular weight is 497 g/mol. The maximum Gasteiger partial charge on any atom is 0.316 e. The lowest BCUT2D eigenvalue weighted by Crippen LogP contribution is -2.39. The first-order chi connectivity index (χ1) is 16.3. The first-order valence-electron chi connectivity index (χ1n) is 12.9. The van der Waals surface area contributed by atoms with Crippen LogP contribution in [0.1, 0.15) is 93.1 Å². The molecule has 0 spiro atoms. The van der Waals surface area contributed by atoms with Crippen LogP contribution in [0.3, 0.4) is 0 Å². The Hall–Kier alpha value is -1.76. The minimum Gasteiger partial charge on any atom is -0.460 e. The second kappa shape index (κ2) is 19.4. The Labute approximate surface area is 214 Å². The fourth-order valence-corrected chi connectivity index (χ4v) is 2.75. The van der Waals surface area contributed by atoms with Crippen LogP contribution in [0.5, 0.6) is 0 Å². The fourth-order valence-electron chi connectivity index (χ4n) is 2.75. The molecule has 1 aromatic carbocycles. The monoisotopic (exact) mass is 496 g/mol. The van der Waals surface area contributed by atoms with Crippen molar-refractivity contribution >= 4 is 11.8 Å². The van der Waals surface area contributed by atoms with Crippen molar-refractivity contribution in [3.63, 3.8) is 0 Å². The van der Waals surface area contributed by atoms with Crippen LogP contribution in [0.4, 0.5) is 0 Å². The fraction of sp³-hybridized carbons (Fsp3) is 0.724. The summed E-state index contributed by atoms with van der Waals surface area (Å²) in [6.45, 7) is 16.3. The maximum absolute atomic E-state index is 12.9. The number of benzene rings is 1. The summed E-state index contributed by atoms with van der Waals surface area (Å²) in [4.78, 5) is 25.4. The van der Waals surface area contributed by atoms with Crippen LogP contribution >= 0.6 is 0 Å². The molecule has 0 saturated carbocycles. The maximum atomic E-state index is 12.9. The Morgan fingerprint density at radius 2 is 1.49 bits per heavy atom. The molecule has 1 atom stereocenters. The highest BCUT2D eigenvalue weighted by atomic mass is 16.5. The first kappa shape index (κ1) is 35.4. The molecule has 0 aliphatic carbocycles. The number of unbranched alkanes of at least 4 members (excludes halogenated alkanes) is 1. The summed E-state index contributed by atoms with van der Waals surface area (Å²) in [5, 5.41) is 17.4. The van der Waals surface area contributed by atoms with Crippen LogP contribution in [0.15, 0.2) is 30.3 Å². The lowest BCUT2D eigenvalue weighted by molar-refractivity contribution is -0.156. The minimum atomic E-state index is -0.766. The molecule has 1 aromatic rings. The van der Waals surface area contributed by atoms with E-state index in [2.05, 4.69) is 13.8 Å². The van der Waals surface area contributed by atoms with E-state index >= 15 is 0 Å². The molecular formula is C29H52O6. The molecule has 0 radical (unpaired) electrons. The molecule has 0 aliphatic rings. The quantitative estimate of drug-likeness (QED) is 0.198. The van der Waals surface area contributed by atoms with Crippen molar-refractivity contribution in [3.8, 4) is 0 Å². The van der Waals surface area contributed by atoms with Gasteiger partial charge in [0.15, 0.2) is 5.78 Å². The van der Waals surface area contributed by atoms with Gasteiger partial charge in [0, 0.05) is 25.7 Å². The van der Waals surface area contributed by atoms with Crippen LogP contribution in [-0.2, 0) is 25.7 Å². The van der Waals surface area contributed by atoms with Crippen molar-refractivity contribution in [3.05, 3.63) is 35.9 Å². The van der Waals surface area contributed by atoms with Gasteiger partial charge in [-0.1, -0.05) is 78.3 Å². The Balaban J connectivity index is 0. The second-order valence-corrected chi connectivity index (χ2v) is 10.3. The Morgan fingerprint density at radius 1 is 0.943 bits per heavy atom. The number of aliphatic hydroxyl groups is 2. The van der Waals surface area contributed by atoms with Crippen molar-refractivity contribution in [1.29, 1.82) is 0 Å². The number of carbonyl (C=O) groups is 2. The van der Waals surface area contributed by atoms with E-state index in [0.717, 1.165) is 5.56 Å². The van der Waals surface area contributed by atoms with Gasteiger partial charge < -0.3 is 19.7 Å². The average Bonchev–Trinajstić information content (AvgIpc) is 2.81. The lowest BCUT2D eigenvalue weighted by atomic mass is 9.72.